The van der Waals surface area contributed by atoms with Crippen LogP contribution in [0, 0.1) is 0 Å². The Kier molecular flexibility index (Phi) is 7.79. The van der Waals surface area contributed by atoms with Gasteiger partial charge in [-0.2, -0.15) is 0 Å². The molecular formula is C20H26N2O3. The van der Waals surface area contributed by atoms with Crippen LogP contribution in [0.25, 0.3) is 0 Å². The van der Waals surface area contributed by atoms with Gasteiger partial charge in [-0.15, -0.1) is 0 Å². The molecule has 0 saturated heterocycles. The van der Waals surface area contributed by atoms with Gasteiger partial charge in [-0.05, 0) is 24.1 Å². The second-order valence-corrected chi connectivity index (χ2v) is 5.89. The summed E-state index contributed by atoms with van der Waals surface area (Å²) in [4.78, 5) is 11.9. The SMILES string of the molecule is CCCC(O)CNC(=O)Nc1cccc(OCCc2ccccc2)c1. The molecule has 0 heterocycles. The highest BCUT2D eigenvalue weighted by Crippen LogP contribution is 2.17. The van der Waals surface area contributed by atoms with Gasteiger partial charge in [0.25, 0.3) is 0 Å². The first-order valence-electron chi connectivity index (χ1n) is 8.67. The summed E-state index contributed by atoms with van der Waals surface area (Å²) < 4.78 is 5.75. The van der Waals surface area contributed by atoms with Gasteiger partial charge in [-0.1, -0.05) is 49.7 Å². The van der Waals surface area contributed by atoms with Gasteiger partial charge >= 0.3 is 6.03 Å². The number of ether oxygens (including phenoxy) is 1. The number of amides is 2. The maximum absolute atomic E-state index is 11.9. The van der Waals surface area contributed by atoms with E-state index in [4.69, 9.17) is 4.74 Å². The van der Waals surface area contributed by atoms with Crippen LogP contribution in [0.3, 0.4) is 0 Å². The molecule has 2 aromatic rings. The molecule has 0 saturated carbocycles. The van der Waals surface area contributed by atoms with Gasteiger partial charge in [0, 0.05) is 24.7 Å². The summed E-state index contributed by atoms with van der Waals surface area (Å²) in [7, 11) is 0. The minimum absolute atomic E-state index is 0.243. The van der Waals surface area contributed by atoms with E-state index < -0.39 is 6.10 Å². The third-order valence-corrected chi connectivity index (χ3v) is 3.71. The molecule has 0 spiro atoms. The van der Waals surface area contributed by atoms with Gasteiger partial charge in [-0.3, -0.25) is 0 Å². The first-order valence-corrected chi connectivity index (χ1v) is 8.67. The van der Waals surface area contributed by atoms with E-state index in [1.54, 1.807) is 12.1 Å². The van der Waals surface area contributed by atoms with Crippen molar-refractivity contribution in [3.63, 3.8) is 0 Å². The lowest BCUT2D eigenvalue weighted by molar-refractivity contribution is 0.162. The molecule has 0 aliphatic carbocycles. The summed E-state index contributed by atoms with van der Waals surface area (Å²) in [6.45, 7) is 2.81. The van der Waals surface area contributed by atoms with Crippen LogP contribution < -0.4 is 15.4 Å². The van der Waals surface area contributed by atoms with E-state index in [0.29, 0.717) is 24.5 Å². The van der Waals surface area contributed by atoms with Crippen molar-refractivity contribution in [2.24, 2.45) is 0 Å². The molecule has 2 aromatic carbocycles. The van der Waals surface area contributed by atoms with Crippen molar-refractivity contribution in [3.8, 4) is 5.75 Å². The normalized spacial score (nSPS) is 11.6. The molecule has 0 fully saturated rings. The molecule has 5 heteroatoms. The van der Waals surface area contributed by atoms with Crippen molar-refractivity contribution in [1.29, 1.82) is 0 Å². The summed E-state index contributed by atoms with van der Waals surface area (Å²) in [5.74, 6) is 0.708. The summed E-state index contributed by atoms with van der Waals surface area (Å²) in [5.41, 5.74) is 1.88. The average molecular weight is 342 g/mol. The number of hydrogen-bond acceptors (Lipinski definition) is 3. The van der Waals surface area contributed by atoms with E-state index in [2.05, 4.69) is 22.8 Å². The van der Waals surface area contributed by atoms with Gasteiger partial charge in [-0.25, -0.2) is 4.79 Å². The van der Waals surface area contributed by atoms with Crippen LogP contribution >= 0.6 is 0 Å². The fraction of sp³-hybridized carbons (Fsp3) is 0.350. The zero-order valence-corrected chi connectivity index (χ0v) is 14.6. The minimum atomic E-state index is -0.511. The first kappa shape index (κ1) is 18.8. The first-order chi connectivity index (χ1) is 12.2. The van der Waals surface area contributed by atoms with Crippen molar-refractivity contribution in [2.45, 2.75) is 32.3 Å². The molecule has 0 aliphatic heterocycles. The summed E-state index contributed by atoms with van der Waals surface area (Å²) in [6.07, 6.45) is 1.87. The molecule has 2 rings (SSSR count). The quantitative estimate of drug-likeness (QED) is 0.652. The molecule has 134 valence electrons. The van der Waals surface area contributed by atoms with E-state index in [1.165, 1.54) is 5.56 Å². The topological polar surface area (TPSA) is 70.6 Å². The molecule has 1 atom stereocenters. The largest absolute Gasteiger partial charge is 0.493 e. The molecule has 0 bridgehead atoms. The summed E-state index contributed by atoms with van der Waals surface area (Å²) in [6, 6.07) is 17.1. The monoisotopic (exact) mass is 342 g/mol. The fourth-order valence-electron chi connectivity index (χ4n) is 2.42. The molecule has 0 radical (unpaired) electrons. The number of carbonyl (C=O) groups excluding carboxylic acids is 1. The molecule has 2 amide bonds. The number of urea groups is 1. The minimum Gasteiger partial charge on any atom is -0.493 e. The van der Waals surface area contributed by atoms with E-state index in [0.717, 1.165) is 12.8 Å². The number of carbonyl (C=O) groups is 1. The van der Waals surface area contributed by atoms with Gasteiger partial charge in [0.2, 0.25) is 0 Å². The van der Waals surface area contributed by atoms with Crippen LogP contribution in [0.15, 0.2) is 54.6 Å². The smallest absolute Gasteiger partial charge is 0.319 e. The highest BCUT2D eigenvalue weighted by atomic mass is 16.5. The second-order valence-electron chi connectivity index (χ2n) is 5.89. The highest BCUT2D eigenvalue weighted by Gasteiger charge is 2.06. The zero-order valence-electron chi connectivity index (χ0n) is 14.6. The lowest BCUT2D eigenvalue weighted by Crippen LogP contribution is -2.35. The van der Waals surface area contributed by atoms with Gasteiger partial charge in [0.1, 0.15) is 5.75 Å². The lowest BCUT2D eigenvalue weighted by atomic mass is 10.2. The number of rotatable bonds is 9. The predicted molar refractivity (Wildman–Crippen MR) is 100 cm³/mol. The molecule has 0 aromatic heterocycles. The van der Waals surface area contributed by atoms with Crippen molar-refractivity contribution < 1.29 is 14.6 Å². The fourth-order valence-corrected chi connectivity index (χ4v) is 2.42. The number of anilines is 1. The van der Waals surface area contributed by atoms with Crippen LogP contribution in [-0.2, 0) is 6.42 Å². The average Bonchev–Trinajstić information content (AvgIpc) is 2.62. The van der Waals surface area contributed by atoms with Gasteiger partial charge < -0.3 is 20.5 Å². The zero-order chi connectivity index (χ0) is 17.9. The predicted octanol–water partition coefficient (Wildman–Crippen LogP) is 3.59. The Balaban J connectivity index is 1.77. The summed E-state index contributed by atoms with van der Waals surface area (Å²) >= 11 is 0. The molecule has 5 nitrogen and oxygen atoms in total. The number of nitrogens with one attached hydrogen (secondary N) is 2. The Hall–Kier alpha value is -2.53. The molecule has 25 heavy (non-hydrogen) atoms. The Morgan fingerprint density at radius 1 is 1.16 bits per heavy atom. The highest BCUT2D eigenvalue weighted by molar-refractivity contribution is 5.89. The van der Waals surface area contributed by atoms with E-state index in [9.17, 15) is 9.90 Å². The van der Waals surface area contributed by atoms with E-state index in [-0.39, 0.29) is 12.6 Å². The van der Waals surface area contributed by atoms with Gasteiger partial charge in [0.05, 0.1) is 12.7 Å². The van der Waals surface area contributed by atoms with E-state index >= 15 is 0 Å². The van der Waals surface area contributed by atoms with Crippen molar-refractivity contribution in [3.05, 3.63) is 60.2 Å². The van der Waals surface area contributed by atoms with Crippen molar-refractivity contribution in [1.82, 2.24) is 5.32 Å². The van der Waals surface area contributed by atoms with Crippen molar-refractivity contribution in [2.75, 3.05) is 18.5 Å². The third kappa shape index (κ3) is 7.27. The van der Waals surface area contributed by atoms with Crippen LogP contribution in [0.1, 0.15) is 25.3 Å². The maximum Gasteiger partial charge on any atom is 0.319 e. The van der Waals surface area contributed by atoms with Crippen LogP contribution in [0.4, 0.5) is 10.5 Å². The van der Waals surface area contributed by atoms with Crippen LogP contribution in [0.2, 0.25) is 0 Å². The third-order valence-electron chi connectivity index (χ3n) is 3.71. The second kappa shape index (κ2) is 10.4. The Morgan fingerprint density at radius 2 is 1.96 bits per heavy atom. The van der Waals surface area contributed by atoms with Crippen LogP contribution in [-0.4, -0.2) is 30.4 Å². The molecule has 0 aliphatic rings. The number of benzene rings is 2. The van der Waals surface area contributed by atoms with E-state index in [1.807, 2.05) is 37.3 Å². The molecule has 1 unspecified atom stereocenters. The standard InChI is InChI=1S/C20H26N2O3/c1-2-7-18(23)15-21-20(24)22-17-10-6-11-19(14-17)25-13-12-16-8-4-3-5-9-16/h3-6,8-11,14,18,23H,2,7,12-13,15H2,1H3,(H2,21,22,24). The number of aliphatic hydroxyl groups excluding tert-OH is 1. The summed E-state index contributed by atoms with van der Waals surface area (Å²) in [5, 5.41) is 15.0. The molecule has 3 N–H and O–H groups in total. The lowest BCUT2D eigenvalue weighted by Gasteiger charge is -2.12. The number of hydrogen-bond donors (Lipinski definition) is 3. The Labute approximate surface area is 149 Å². The number of aliphatic hydroxyl groups is 1. The van der Waals surface area contributed by atoms with Crippen molar-refractivity contribution >= 4 is 11.7 Å². The maximum atomic E-state index is 11.9. The van der Waals surface area contributed by atoms with Crippen LogP contribution in [0.5, 0.6) is 5.75 Å². The Bertz CT molecular complexity index is 646. The van der Waals surface area contributed by atoms with Gasteiger partial charge in [0.15, 0.2) is 0 Å². The Morgan fingerprint density at radius 3 is 2.72 bits per heavy atom. The molecular weight excluding hydrogens is 316 g/mol.